The molecule has 0 spiro atoms. The Morgan fingerprint density at radius 2 is 2.00 bits per heavy atom. The molecule has 3 rings (SSSR count). The molecular weight excluding hydrogens is 296 g/mol. The lowest BCUT2D eigenvalue weighted by Gasteiger charge is -2.30. The van der Waals surface area contributed by atoms with Gasteiger partial charge < -0.3 is 15.0 Å². The molecule has 0 bridgehead atoms. The minimum absolute atomic E-state index is 0.0320. The monoisotopic (exact) mass is 316 g/mol. The standard InChI is InChI=1S/C17H20N2O4/c1-10(20)19-13(8-17(3)9-15(22)18-16(17)19)12-6-4-5-7-14(12)23-11(2)21/h4-7,13,16H,8-9H2,1-3H3,(H,18,22)/t13-,16-,17+/m0/s1. The van der Waals surface area contributed by atoms with Crippen molar-refractivity contribution in [3.05, 3.63) is 29.8 Å². The lowest BCUT2D eigenvalue weighted by Crippen LogP contribution is -2.46. The zero-order chi connectivity index (χ0) is 16.8. The van der Waals surface area contributed by atoms with E-state index in [1.165, 1.54) is 13.8 Å². The molecule has 23 heavy (non-hydrogen) atoms. The van der Waals surface area contributed by atoms with E-state index in [-0.39, 0.29) is 29.4 Å². The molecule has 0 radical (unpaired) electrons. The SMILES string of the molecule is CC(=O)Oc1ccccc1[C@@H]1C[C@]2(C)CC(=O)N[C@H]2N1C(C)=O. The molecule has 1 N–H and O–H groups in total. The number of nitrogens with zero attached hydrogens (tertiary/aromatic N) is 1. The van der Waals surface area contributed by atoms with Crippen molar-refractivity contribution in [3.8, 4) is 5.75 Å². The molecule has 0 unspecified atom stereocenters. The summed E-state index contributed by atoms with van der Waals surface area (Å²) in [5.74, 6) is -0.0743. The van der Waals surface area contributed by atoms with Crippen molar-refractivity contribution in [2.75, 3.05) is 0 Å². The zero-order valence-electron chi connectivity index (χ0n) is 13.5. The average molecular weight is 316 g/mol. The number of esters is 1. The van der Waals surface area contributed by atoms with Crippen molar-refractivity contribution in [3.63, 3.8) is 0 Å². The molecule has 2 aliphatic rings. The van der Waals surface area contributed by atoms with Gasteiger partial charge in [-0.05, 0) is 12.5 Å². The van der Waals surface area contributed by atoms with Crippen LogP contribution in [0, 0.1) is 5.41 Å². The van der Waals surface area contributed by atoms with E-state index in [0.29, 0.717) is 18.6 Å². The summed E-state index contributed by atoms with van der Waals surface area (Å²) in [6, 6.07) is 7.02. The summed E-state index contributed by atoms with van der Waals surface area (Å²) in [5, 5.41) is 2.91. The van der Waals surface area contributed by atoms with E-state index in [0.717, 1.165) is 5.56 Å². The van der Waals surface area contributed by atoms with Crippen molar-refractivity contribution in [1.29, 1.82) is 0 Å². The number of para-hydroxylation sites is 1. The second-order valence-corrected chi connectivity index (χ2v) is 6.58. The number of fused-ring (bicyclic) bond motifs is 1. The summed E-state index contributed by atoms with van der Waals surface area (Å²) < 4.78 is 5.30. The van der Waals surface area contributed by atoms with E-state index in [1.54, 1.807) is 17.0 Å². The molecule has 0 aliphatic carbocycles. The fraction of sp³-hybridized carbons (Fsp3) is 0.471. The van der Waals surface area contributed by atoms with Crippen LogP contribution in [0.3, 0.4) is 0 Å². The Bertz CT molecular complexity index is 687. The van der Waals surface area contributed by atoms with Crippen molar-refractivity contribution in [1.82, 2.24) is 10.2 Å². The molecule has 2 amide bonds. The summed E-state index contributed by atoms with van der Waals surface area (Å²) in [4.78, 5) is 37.0. The Morgan fingerprint density at radius 1 is 1.30 bits per heavy atom. The molecule has 0 aromatic heterocycles. The molecular formula is C17H20N2O4. The van der Waals surface area contributed by atoms with Crippen molar-refractivity contribution < 1.29 is 19.1 Å². The zero-order valence-corrected chi connectivity index (χ0v) is 13.5. The summed E-state index contributed by atoms with van der Waals surface area (Å²) in [7, 11) is 0. The van der Waals surface area contributed by atoms with Gasteiger partial charge in [0, 0.05) is 31.2 Å². The highest BCUT2D eigenvalue weighted by molar-refractivity contribution is 5.83. The molecule has 6 heteroatoms. The highest BCUT2D eigenvalue weighted by Gasteiger charge is 2.56. The number of carbonyl (C=O) groups is 3. The largest absolute Gasteiger partial charge is 0.426 e. The molecule has 1 aromatic carbocycles. The summed E-state index contributed by atoms with van der Waals surface area (Å²) in [6.45, 7) is 4.86. The first kappa shape index (κ1) is 15.5. The van der Waals surface area contributed by atoms with E-state index < -0.39 is 5.97 Å². The number of benzene rings is 1. The Balaban J connectivity index is 2.02. The quantitative estimate of drug-likeness (QED) is 0.666. The number of hydrogen-bond donors (Lipinski definition) is 1. The minimum Gasteiger partial charge on any atom is -0.426 e. The second kappa shape index (κ2) is 5.37. The molecule has 2 aliphatic heterocycles. The highest BCUT2D eigenvalue weighted by Crippen LogP contribution is 2.52. The van der Waals surface area contributed by atoms with Gasteiger partial charge in [-0.15, -0.1) is 0 Å². The van der Waals surface area contributed by atoms with Gasteiger partial charge in [0.1, 0.15) is 11.9 Å². The lowest BCUT2D eigenvalue weighted by molar-refractivity contribution is -0.133. The van der Waals surface area contributed by atoms with Gasteiger partial charge in [0.25, 0.3) is 0 Å². The third kappa shape index (κ3) is 2.58. The molecule has 2 heterocycles. The normalized spacial score (nSPS) is 29.2. The van der Waals surface area contributed by atoms with Crippen LogP contribution in [0.2, 0.25) is 0 Å². The Hall–Kier alpha value is -2.37. The first-order valence-electron chi connectivity index (χ1n) is 7.67. The van der Waals surface area contributed by atoms with Crippen molar-refractivity contribution >= 4 is 17.8 Å². The highest BCUT2D eigenvalue weighted by atomic mass is 16.5. The maximum absolute atomic E-state index is 12.2. The van der Waals surface area contributed by atoms with E-state index in [1.807, 2.05) is 19.1 Å². The van der Waals surface area contributed by atoms with Crippen LogP contribution in [0.15, 0.2) is 24.3 Å². The summed E-state index contributed by atoms with van der Waals surface area (Å²) in [5.41, 5.74) is 0.485. The minimum atomic E-state index is -0.399. The van der Waals surface area contributed by atoms with Gasteiger partial charge in [-0.2, -0.15) is 0 Å². The van der Waals surface area contributed by atoms with Gasteiger partial charge in [0.15, 0.2) is 0 Å². The van der Waals surface area contributed by atoms with Crippen molar-refractivity contribution in [2.24, 2.45) is 5.41 Å². The molecule has 1 aromatic rings. The number of likely N-dealkylation sites (tertiary alicyclic amines) is 1. The topological polar surface area (TPSA) is 75.7 Å². The predicted molar refractivity (Wildman–Crippen MR) is 82.3 cm³/mol. The third-order valence-electron chi connectivity index (χ3n) is 4.69. The van der Waals surface area contributed by atoms with Crippen LogP contribution < -0.4 is 10.1 Å². The number of carbonyl (C=O) groups excluding carboxylic acids is 3. The Kier molecular flexibility index (Phi) is 3.62. The Morgan fingerprint density at radius 3 is 2.65 bits per heavy atom. The smallest absolute Gasteiger partial charge is 0.308 e. The van der Waals surface area contributed by atoms with Crippen LogP contribution >= 0.6 is 0 Å². The van der Waals surface area contributed by atoms with Gasteiger partial charge in [0.2, 0.25) is 11.8 Å². The molecule has 2 fully saturated rings. The maximum atomic E-state index is 12.2. The summed E-state index contributed by atoms with van der Waals surface area (Å²) >= 11 is 0. The molecule has 0 saturated carbocycles. The number of amides is 2. The van der Waals surface area contributed by atoms with E-state index >= 15 is 0 Å². The van der Waals surface area contributed by atoms with Crippen LogP contribution in [0.1, 0.15) is 45.2 Å². The fourth-order valence-electron chi connectivity index (χ4n) is 3.82. The van der Waals surface area contributed by atoms with E-state index in [9.17, 15) is 14.4 Å². The first-order valence-corrected chi connectivity index (χ1v) is 7.67. The second-order valence-electron chi connectivity index (χ2n) is 6.58. The van der Waals surface area contributed by atoms with E-state index in [4.69, 9.17) is 4.74 Å². The number of nitrogens with one attached hydrogen (secondary N) is 1. The average Bonchev–Trinajstić information content (AvgIpc) is 2.86. The van der Waals surface area contributed by atoms with Gasteiger partial charge in [-0.1, -0.05) is 25.1 Å². The fourth-order valence-corrected chi connectivity index (χ4v) is 3.82. The van der Waals surface area contributed by atoms with Gasteiger partial charge >= 0.3 is 5.97 Å². The summed E-state index contributed by atoms with van der Waals surface area (Å²) in [6.07, 6.45) is 0.727. The maximum Gasteiger partial charge on any atom is 0.308 e. The third-order valence-corrected chi connectivity index (χ3v) is 4.69. The van der Waals surface area contributed by atoms with Gasteiger partial charge in [-0.3, -0.25) is 14.4 Å². The Labute approximate surface area is 134 Å². The molecule has 6 nitrogen and oxygen atoms in total. The first-order chi connectivity index (χ1) is 10.8. The predicted octanol–water partition coefficient (Wildman–Crippen LogP) is 1.76. The van der Waals surface area contributed by atoms with Crippen LogP contribution in [0.5, 0.6) is 5.75 Å². The van der Waals surface area contributed by atoms with Crippen LogP contribution in [0.25, 0.3) is 0 Å². The number of hydrogen-bond acceptors (Lipinski definition) is 4. The molecule has 2 saturated heterocycles. The van der Waals surface area contributed by atoms with Gasteiger partial charge in [-0.25, -0.2) is 0 Å². The number of rotatable bonds is 2. The van der Waals surface area contributed by atoms with Crippen LogP contribution in [0.4, 0.5) is 0 Å². The molecule has 3 atom stereocenters. The van der Waals surface area contributed by atoms with Crippen LogP contribution in [-0.2, 0) is 14.4 Å². The number of ether oxygens (including phenoxy) is 1. The molecule has 122 valence electrons. The van der Waals surface area contributed by atoms with E-state index in [2.05, 4.69) is 5.32 Å². The van der Waals surface area contributed by atoms with Gasteiger partial charge in [0.05, 0.1) is 6.04 Å². The lowest BCUT2D eigenvalue weighted by atomic mass is 9.83. The van der Waals surface area contributed by atoms with Crippen LogP contribution in [-0.4, -0.2) is 28.8 Å². The van der Waals surface area contributed by atoms with Crippen molar-refractivity contribution in [2.45, 2.75) is 45.8 Å².